The number of halogens is 1. The molecule has 0 spiro atoms. The summed E-state index contributed by atoms with van der Waals surface area (Å²) in [4.78, 5) is 23.2. The molecule has 0 heterocycles. The van der Waals surface area contributed by atoms with Crippen LogP contribution in [-0.2, 0) is 9.53 Å². The van der Waals surface area contributed by atoms with Crippen LogP contribution in [-0.4, -0.2) is 31.8 Å². The fourth-order valence-corrected chi connectivity index (χ4v) is 1.79. The highest BCUT2D eigenvalue weighted by molar-refractivity contribution is 5.99. The maximum Gasteiger partial charge on any atom is 0.338 e. The van der Waals surface area contributed by atoms with E-state index in [-0.39, 0.29) is 12.4 Å². The molecule has 0 unspecified atom stereocenters. The van der Waals surface area contributed by atoms with E-state index in [9.17, 15) is 14.0 Å². The topological polar surface area (TPSA) is 77.0 Å². The molecule has 7 heteroatoms. The summed E-state index contributed by atoms with van der Waals surface area (Å²) in [6, 6.07) is 12.0. The molecule has 2 aromatic carbocycles. The van der Waals surface area contributed by atoms with Crippen LogP contribution in [0.15, 0.2) is 53.6 Å². The number of hydrogen-bond donors (Lipinski definition) is 1. The number of benzene rings is 2. The number of rotatable bonds is 6. The predicted octanol–water partition coefficient (Wildman–Crippen LogP) is 2.14. The van der Waals surface area contributed by atoms with Gasteiger partial charge in [-0.1, -0.05) is 18.2 Å². The normalized spacial score (nSPS) is 10.4. The fourth-order valence-electron chi connectivity index (χ4n) is 1.79. The van der Waals surface area contributed by atoms with Crippen LogP contribution in [0.2, 0.25) is 0 Å². The number of amides is 1. The zero-order chi connectivity index (χ0) is 17.4. The Kier molecular flexibility index (Phi) is 6.01. The van der Waals surface area contributed by atoms with E-state index in [0.29, 0.717) is 16.9 Å². The highest BCUT2D eigenvalue weighted by atomic mass is 19.1. The van der Waals surface area contributed by atoms with E-state index in [1.165, 1.54) is 37.6 Å². The van der Waals surface area contributed by atoms with Crippen molar-refractivity contribution in [3.63, 3.8) is 0 Å². The van der Waals surface area contributed by atoms with Crippen LogP contribution in [0.25, 0.3) is 0 Å². The first kappa shape index (κ1) is 17.1. The molecule has 6 nitrogen and oxygen atoms in total. The van der Waals surface area contributed by atoms with Gasteiger partial charge in [0.25, 0.3) is 5.91 Å². The minimum absolute atomic E-state index is 0.276. The highest BCUT2D eigenvalue weighted by Gasteiger charge is 2.09. The lowest BCUT2D eigenvalue weighted by molar-refractivity contribution is -0.123. The molecule has 124 valence electrons. The summed E-state index contributed by atoms with van der Waals surface area (Å²) in [5.41, 5.74) is 3.11. The molecular formula is C17H15FN2O4. The van der Waals surface area contributed by atoms with Crippen molar-refractivity contribution in [2.45, 2.75) is 0 Å². The Labute approximate surface area is 137 Å². The summed E-state index contributed by atoms with van der Waals surface area (Å²) < 4.78 is 22.6. The summed E-state index contributed by atoms with van der Waals surface area (Å²) in [5, 5.41) is 3.77. The first-order valence-corrected chi connectivity index (χ1v) is 6.98. The monoisotopic (exact) mass is 330 g/mol. The molecule has 0 saturated carbocycles. The van der Waals surface area contributed by atoms with Crippen LogP contribution in [0.4, 0.5) is 4.39 Å². The zero-order valence-electron chi connectivity index (χ0n) is 12.9. The van der Waals surface area contributed by atoms with Gasteiger partial charge in [-0.15, -0.1) is 0 Å². The van der Waals surface area contributed by atoms with E-state index in [4.69, 9.17) is 4.74 Å². The molecule has 1 amide bonds. The quantitative estimate of drug-likeness (QED) is 0.500. The van der Waals surface area contributed by atoms with Crippen molar-refractivity contribution in [1.82, 2.24) is 5.43 Å². The van der Waals surface area contributed by atoms with Gasteiger partial charge in [-0.3, -0.25) is 4.79 Å². The van der Waals surface area contributed by atoms with Crippen molar-refractivity contribution in [2.24, 2.45) is 5.10 Å². The van der Waals surface area contributed by atoms with Gasteiger partial charge in [-0.05, 0) is 30.3 Å². The second-order valence-corrected chi connectivity index (χ2v) is 4.61. The fraction of sp³-hybridized carbons (Fsp3) is 0.118. The number of hydrazone groups is 1. The number of carbonyl (C=O) groups is 2. The third-order valence-corrected chi connectivity index (χ3v) is 2.94. The average molecular weight is 330 g/mol. The van der Waals surface area contributed by atoms with Gasteiger partial charge in [0.15, 0.2) is 6.61 Å². The number of ether oxygens (including phenoxy) is 2. The van der Waals surface area contributed by atoms with Gasteiger partial charge in [0.2, 0.25) is 0 Å². The molecule has 0 bridgehead atoms. The largest absolute Gasteiger partial charge is 0.484 e. The summed E-state index contributed by atoms with van der Waals surface area (Å²) in [6.07, 6.45) is 1.34. The van der Waals surface area contributed by atoms with E-state index < -0.39 is 11.9 Å². The highest BCUT2D eigenvalue weighted by Crippen LogP contribution is 2.10. The summed E-state index contributed by atoms with van der Waals surface area (Å²) in [5.74, 6) is -1.01. The van der Waals surface area contributed by atoms with Crippen LogP contribution < -0.4 is 10.2 Å². The smallest absolute Gasteiger partial charge is 0.338 e. The van der Waals surface area contributed by atoms with E-state index in [1.807, 2.05) is 0 Å². The van der Waals surface area contributed by atoms with E-state index >= 15 is 0 Å². The van der Waals surface area contributed by atoms with Gasteiger partial charge in [-0.2, -0.15) is 5.10 Å². The Morgan fingerprint density at radius 2 is 1.88 bits per heavy atom. The lowest BCUT2D eigenvalue weighted by Crippen LogP contribution is -2.24. The number of methoxy groups -OCH3 is 1. The zero-order valence-corrected chi connectivity index (χ0v) is 12.9. The van der Waals surface area contributed by atoms with Crippen LogP contribution in [0.5, 0.6) is 5.75 Å². The predicted molar refractivity (Wildman–Crippen MR) is 85.4 cm³/mol. The van der Waals surface area contributed by atoms with Gasteiger partial charge >= 0.3 is 5.97 Å². The molecule has 0 aliphatic rings. The number of nitrogens with zero attached hydrogens (tertiary/aromatic N) is 1. The molecule has 24 heavy (non-hydrogen) atoms. The van der Waals surface area contributed by atoms with Crippen molar-refractivity contribution < 1.29 is 23.5 Å². The molecule has 0 aromatic heterocycles. The van der Waals surface area contributed by atoms with Crippen molar-refractivity contribution in [2.75, 3.05) is 13.7 Å². The minimum Gasteiger partial charge on any atom is -0.484 e. The standard InChI is InChI=1S/C17H15FN2O4/c1-23-17(22)15-5-3-2-4-12(15)10-19-20-16(21)11-24-14-8-6-13(18)7-9-14/h2-10H,11H2,1H3,(H,20,21)/b19-10-. The Bertz CT molecular complexity index is 745. The number of nitrogens with one attached hydrogen (secondary N) is 1. The van der Waals surface area contributed by atoms with Crippen molar-refractivity contribution in [3.05, 3.63) is 65.5 Å². The first-order valence-electron chi connectivity index (χ1n) is 6.98. The van der Waals surface area contributed by atoms with Crippen LogP contribution >= 0.6 is 0 Å². The third-order valence-electron chi connectivity index (χ3n) is 2.94. The molecule has 2 aromatic rings. The lowest BCUT2D eigenvalue weighted by atomic mass is 10.1. The average Bonchev–Trinajstić information content (AvgIpc) is 2.61. The van der Waals surface area contributed by atoms with Crippen molar-refractivity contribution in [3.8, 4) is 5.75 Å². The minimum atomic E-state index is -0.497. The molecule has 1 N–H and O–H groups in total. The summed E-state index contributed by atoms with van der Waals surface area (Å²) >= 11 is 0. The third kappa shape index (κ3) is 4.91. The number of carbonyl (C=O) groups excluding carboxylic acids is 2. The van der Waals surface area contributed by atoms with Crippen LogP contribution in [0.3, 0.4) is 0 Å². The van der Waals surface area contributed by atoms with Gasteiger partial charge in [0, 0.05) is 5.56 Å². The molecule has 0 radical (unpaired) electrons. The molecule has 0 aliphatic heterocycles. The SMILES string of the molecule is COC(=O)c1ccccc1/C=N\NC(=O)COc1ccc(F)cc1. The summed E-state index contributed by atoms with van der Waals surface area (Å²) in [6.45, 7) is -0.276. The molecule has 0 saturated heterocycles. The second kappa shape index (κ2) is 8.42. The Morgan fingerprint density at radius 3 is 2.58 bits per heavy atom. The maximum atomic E-state index is 12.7. The lowest BCUT2D eigenvalue weighted by Gasteiger charge is -2.05. The molecule has 0 aliphatic carbocycles. The first-order chi connectivity index (χ1) is 11.6. The summed E-state index contributed by atoms with van der Waals surface area (Å²) in [7, 11) is 1.28. The van der Waals surface area contributed by atoms with Gasteiger partial charge in [0.05, 0.1) is 18.9 Å². The Hall–Kier alpha value is -3.22. The van der Waals surface area contributed by atoms with Gasteiger partial charge in [0.1, 0.15) is 11.6 Å². The molecule has 2 rings (SSSR count). The Balaban J connectivity index is 1.88. The van der Waals surface area contributed by atoms with Crippen LogP contribution in [0.1, 0.15) is 15.9 Å². The van der Waals surface area contributed by atoms with Gasteiger partial charge in [-0.25, -0.2) is 14.6 Å². The van der Waals surface area contributed by atoms with E-state index in [2.05, 4.69) is 15.3 Å². The van der Waals surface area contributed by atoms with Crippen LogP contribution in [0, 0.1) is 5.82 Å². The van der Waals surface area contributed by atoms with Crippen molar-refractivity contribution >= 4 is 18.1 Å². The van der Waals surface area contributed by atoms with E-state index in [1.54, 1.807) is 24.3 Å². The van der Waals surface area contributed by atoms with E-state index in [0.717, 1.165) is 0 Å². The van der Waals surface area contributed by atoms with Crippen molar-refractivity contribution in [1.29, 1.82) is 0 Å². The number of esters is 1. The second-order valence-electron chi connectivity index (χ2n) is 4.61. The molecule has 0 atom stereocenters. The Morgan fingerprint density at radius 1 is 1.17 bits per heavy atom. The van der Waals surface area contributed by atoms with Gasteiger partial charge < -0.3 is 9.47 Å². The molecular weight excluding hydrogens is 315 g/mol. The maximum absolute atomic E-state index is 12.7. The number of hydrogen-bond acceptors (Lipinski definition) is 5. The molecule has 0 fully saturated rings.